The van der Waals surface area contributed by atoms with Gasteiger partial charge in [0, 0.05) is 18.0 Å². The van der Waals surface area contributed by atoms with Crippen LogP contribution in [-0.4, -0.2) is 28.6 Å². The van der Waals surface area contributed by atoms with Crippen LogP contribution >= 0.6 is 19.6 Å². The van der Waals surface area contributed by atoms with E-state index in [-0.39, 0.29) is 11.6 Å². The average Bonchev–Trinajstić information content (AvgIpc) is 2.92. The molecule has 2 heterocycles. The van der Waals surface area contributed by atoms with Gasteiger partial charge in [-0.1, -0.05) is 11.6 Å². The zero-order valence-electron chi connectivity index (χ0n) is 12.2. The van der Waals surface area contributed by atoms with Crippen LogP contribution in [0.1, 0.15) is 12.6 Å². The van der Waals surface area contributed by atoms with Crippen LogP contribution in [0.25, 0.3) is 17.2 Å². The summed E-state index contributed by atoms with van der Waals surface area (Å²) in [7, 11) is -1.65. The lowest BCUT2D eigenvalue weighted by atomic mass is 10.1. The fraction of sp³-hybridized carbons (Fsp3) is 0.200. The first-order chi connectivity index (χ1) is 10.5. The van der Waals surface area contributed by atoms with Gasteiger partial charge in [0.1, 0.15) is 5.03 Å². The first-order valence-electron chi connectivity index (χ1n) is 6.61. The molecule has 7 heteroatoms. The molecule has 0 aliphatic carbocycles. The number of esters is 1. The molecule has 5 nitrogen and oxygen atoms in total. The van der Waals surface area contributed by atoms with E-state index in [1.165, 1.54) is 6.08 Å². The third kappa shape index (κ3) is 3.81. The van der Waals surface area contributed by atoms with E-state index in [2.05, 4.69) is 4.98 Å². The number of hydrogen-bond donors (Lipinski definition) is 0. The molecule has 0 saturated heterocycles. The van der Waals surface area contributed by atoms with Crippen molar-refractivity contribution in [2.45, 2.75) is 6.92 Å². The van der Waals surface area contributed by atoms with Gasteiger partial charge in [-0.25, -0.2) is 4.79 Å². The van der Waals surface area contributed by atoms with Crippen LogP contribution in [0.2, 0.25) is 0 Å². The first-order valence-corrected chi connectivity index (χ1v) is 8.65. The zero-order valence-corrected chi connectivity index (χ0v) is 13.8. The molecule has 1 unspecified atom stereocenters. The molecule has 0 bridgehead atoms. The van der Waals surface area contributed by atoms with Gasteiger partial charge in [-0.05, 0) is 41.3 Å². The van der Waals surface area contributed by atoms with E-state index in [1.807, 2.05) is 18.2 Å². The normalized spacial score (nSPS) is 12.1. The summed E-state index contributed by atoms with van der Waals surface area (Å²) < 4.78 is 18.3. The van der Waals surface area contributed by atoms with Crippen molar-refractivity contribution in [1.29, 1.82) is 0 Å². The number of aromatic nitrogens is 2. The maximum atomic E-state index is 11.9. The second-order valence-electron chi connectivity index (χ2n) is 4.41. The van der Waals surface area contributed by atoms with Gasteiger partial charge in [0.15, 0.2) is 6.66 Å². The van der Waals surface area contributed by atoms with Crippen molar-refractivity contribution in [2.75, 3.05) is 13.3 Å². The van der Waals surface area contributed by atoms with Crippen molar-refractivity contribution in [3.63, 3.8) is 0 Å². The fourth-order valence-corrected chi connectivity index (χ4v) is 2.81. The van der Waals surface area contributed by atoms with Crippen LogP contribution in [0.15, 0.2) is 41.8 Å². The smallest absolute Gasteiger partial charge is 0.462 e. The Balaban J connectivity index is 2.43. The van der Waals surface area contributed by atoms with Gasteiger partial charge in [0.2, 0.25) is 0 Å². The van der Waals surface area contributed by atoms with Crippen molar-refractivity contribution in [3.05, 3.63) is 47.5 Å². The highest BCUT2D eigenvalue weighted by Crippen LogP contribution is 2.31. The Bertz CT molecular complexity index is 726. The van der Waals surface area contributed by atoms with Gasteiger partial charge >= 0.3 is 13.9 Å². The molecular weight excluding hydrogens is 323 g/mol. The predicted molar refractivity (Wildman–Crippen MR) is 87.1 cm³/mol. The van der Waals surface area contributed by atoms with Crippen molar-refractivity contribution in [1.82, 2.24) is 9.32 Å². The summed E-state index contributed by atoms with van der Waals surface area (Å²) in [5, 5.41) is -0.0562. The molecule has 2 rings (SSSR count). The highest BCUT2D eigenvalue weighted by molar-refractivity contribution is 7.42. The number of ether oxygens (including phenoxy) is 1. The van der Waals surface area contributed by atoms with Gasteiger partial charge < -0.3 is 4.74 Å². The lowest BCUT2D eigenvalue weighted by molar-refractivity contribution is -0.137. The van der Waals surface area contributed by atoms with E-state index in [0.29, 0.717) is 5.69 Å². The molecule has 2 aromatic heterocycles. The third-order valence-corrected chi connectivity index (χ3v) is 4.11. The largest absolute Gasteiger partial charge is 0.463 e. The summed E-state index contributed by atoms with van der Waals surface area (Å²) in [6.07, 6.45) is 6.58. The van der Waals surface area contributed by atoms with Gasteiger partial charge in [-0.2, -0.15) is 0 Å². The number of carbonyl (C=O) groups excluding carboxylic acids is 1. The molecular formula is C15H15ClN2O3P+. The van der Waals surface area contributed by atoms with Crippen LogP contribution in [-0.2, 0) is 14.1 Å². The standard InChI is InChI=1S/C15H15ClN2O3P/c1-3-21-15(19)14(16)9-13-8-12(10-18(13)22(2)20)11-4-6-17-7-5-11/h4-10H,3H2,1-2H3/q+1/b14-9-. The maximum Gasteiger partial charge on any atom is 0.463 e. The Morgan fingerprint density at radius 1 is 1.41 bits per heavy atom. The van der Waals surface area contributed by atoms with E-state index in [9.17, 15) is 9.36 Å². The molecule has 1 atom stereocenters. The molecule has 0 radical (unpaired) electrons. The second kappa shape index (κ2) is 7.34. The third-order valence-electron chi connectivity index (χ3n) is 2.89. The summed E-state index contributed by atoms with van der Waals surface area (Å²) >= 11 is 5.94. The second-order valence-corrected chi connectivity index (χ2v) is 6.18. The topological polar surface area (TPSA) is 61.2 Å². The molecule has 22 heavy (non-hydrogen) atoms. The molecule has 0 aromatic carbocycles. The summed E-state index contributed by atoms with van der Waals surface area (Å²) in [5.41, 5.74) is 2.38. The minimum atomic E-state index is -1.65. The van der Waals surface area contributed by atoms with E-state index in [1.54, 1.807) is 36.5 Å². The molecule has 0 saturated carbocycles. The van der Waals surface area contributed by atoms with E-state index < -0.39 is 13.9 Å². The first kappa shape index (κ1) is 16.4. The van der Waals surface area contributed by atoms with Crippen LogP contribution in [0.5, 0.6) is 0 Å². The molecule has 0 aliphatic rings. The highest BCUT2D eigenvalue weighted by atomic mass is 35.5. The average molecular weight is 338 g/mol. The molecule has 114 valence electrons. The summed E-state index contributed by atoms with van der Waals surface area (Å²) in [6, 6.07) is 5.51. The lowest BCUT2D eigenvalue weighted by Gasteiger charge is -1.99. The monoisotopic (exact) mass is 337 g/mol. The number of nitrogens with zero attached hydrogens (tertiary/aromatic N) is 2. The quantitative estimate of drug-likeness (QED) is 0.471. The number of rotatable bonds is 5. The highest BCUT2D eigenvalue weighted by Gasteiger charge is 2.18. The van der Waals surface area contributed by atoms with Crippen molar-refractivity contribution in [3.8, 4) is 11.1 Å². The Labute approximate surface area is 134 Å². The SMILES string of the molecule is CCOC(=O)/C(Cl)=C/c1cc(-c2ccncc2)cn1[P+](C)=O. The fourth-order valence-electron chi connectivity index (χ4n) is 1.91. The van der Waals surface area contributed by atoms with Crippen molar-refractivity contribution in [2.24, 2.45) is 0 Å². The predicted octanol–water partition coefficient (Wildman–Crippen LogP) is 3.91. The summed E-state index contributed by atoms with van der Waals surface area (Å²) in [6.45, 7) is 3.53. The van der Waals surface area contributed by atoms with E-state index in [4.69, 9.17) is 16.3 Å². The number of hydrogen-bond acceptors (Lipinski definition) is 4. The van der Waals surface area contributed by atoms with E-state index in [0.717, 1.165) is 11.1 Å². The Hall–Kier alpha value is -1.97. The molecule has 0 N–H and O–H groups in total. The van der Waals surface area contributed by atoms with Crippen LogP contribution in [0.3, 0.4) is 0 Å². The Morgan fingerprint density at radius 3 is 2.68 bits per heavy atom. The van der Waals surface area contributed by atoms with Gasteiger partial charge in [-0.3, -0.25) is 4.98 Å². The molecule has 2 aromatic rings. The van der Waals surface area contributed by atoms with Crippen LogP contribution < -0.4 is 0 Å². The minimum Gasteiger partial charge on any atom is -0.462 e. The van der Waals surface area contributed by atoms with Crippen molar-refractivity contribution < 1.29 is 14.1 Å². The summed E-state index contributed by atoms with van der Waals surface area (Å²) in [4.78, 5) is 15.6. The molecule has 0 fully saturated rings. The number of pyridine rings is 1. The number of halogens is 1. The van der Waals surface area contributed by atoms with Gasteiger partial charge in [0.05, 0.1) is 18.5 Å². The van der Waals surface area contributed by atoms with Gasteiger partial charge in [0.25, 0.3) is 0 Å². The molecule has 0 aliphatic heterocycles. The minimum absolute atomic E-state index is 0.0562. The summed E-state index contributed by atoms with van der Waals surface area (Å²) in [5.74, 6) is -0.603. The molecule has 0 spiro atoms. The van der Waals surface area contributed by atoms with E-state index >= 15 is 0 Å². The molecule has 0 amide bonds. The Kier molecular flexibility index (Phi) is 5.47. The van der Waals surface area contributed by atoms with Crippen LogP contribution in [0, 0.1) is 0 Å². The van der Waals surface area contributed by atoms with Crippen LogP contribution in [0.4, 0.5) is 0 Å². The maximum absolute atomic E-state index is 11.9. The Morgan fingerprint density at radius 2 is 2.09 bits per heavy atom. The lowest BCUT2D eigenvalue weighted by Crippen LogP contribution is -2.03. The van der Waals surface area contributed by atoms with Crippen molar-refractivity contribution >= 4 is 31.6 Å². The number of carbonyl (C=O) groups is 1. The van der Waals surface area contributed by atoms with Gasteiger partial charge in [-0.15, -0.1) is 4.34 Å². The zero-order chi connectivity index (χ0) is 16.1.